The number of nitrogens with two attached hydrogens (primary N) is 1. The molecule has 116 valence electrons. The van der Waals surface area contributed by atoms with Crippen molar-refractivity contribution in [1.82, 2.24) is 4.90 Å². The monoisotopic (exact) mass is 319 g/mol. The summed E-state index contributed by atoms with van der Waals surface area (Å²) in [5.41, 5.74) is -0.122. The number of halogens is 3. The highest BCUT2D eigenvalue weighted by Gasteiger charge is 2.35. The summed E-state index contributed by atoms with van der Waals surface area (Å²) in [6.45, 7) is 1.47. The molecule has 0 radical (unpaired) electrons. The molecule has 0 aromatic heterocycles. The van der Waals surface area contributed by atoms with Crippen molar-refractivity contribution in [2.45, 2.75) is 18.0 Å². The second-order valence-corrected chi connectivity index (χ2v) is 5.99. The number of thioether (sulfide) groups is 1. The van der Waals surface area contributed by atoms with Gasteiger partial charge in [-0.05, 0) is 17.7 Å². The first kappa shape index (κ1) is 16.2. The number of hydrogen-bond acceptors (Lipinski definition) is 2. The fourth-order valence-corrected chi connectivity index (χ4v) is 3.51. The van der Waals surface area contributed by atoms with Gasteiger partial charge in [-0.15, -0.1) is 11.8 Å². The van der Waals surface area contributed by atoms with Gasteiger partial charge in [0, 0.05) is 13.0 Å². The first-order chi connectivity index (χ1) is 9.93. The van der Waals surface area contributed by atoms with Gasteiger partial charge in [-0.1, -0.05) is 12.1 Å². The third-order valence-corrected chi connectivity index (χ3v) is 4.62. The number of rotatable bonds is 5. The Bertz CT molecular complexity index is 507. The summed E-state index contributed by atoms with van der Waals surface area (Å²) < 4.78 is 38.4. The predicted molar refractivity (Wildman–Crippen MR) is 75.7 cm³/mol. The third-order valence-electron chi connectivity index (χ3n) is 3.36. The third kappa shape index (κ3) is 3.91. The van der Waals surface area contributed by atoms with E-state index in [-0.39, 0.29) is 11.3 Å². The summed E-state index contributed by atoms with van der Waals surface area (Å²) in [4.78, 5) is 13.6. The van der Waals surface area contributed by atoms with Gasteiger partial charge in [-0.3, -0.25) is 4.79 Å². The summed E-state index contributed by atoms with van der Waals surface area (Å²) in [6, 6.07) is 5.26. The standard InChI is InChI=1S/C14H17F3N2OS/c1-18-6-3-7-19-12(20)9-21-13(19)10-4-2-5-11(8-10)14(15,16)17/h2,4-5,8,13,18H,3,6-7,9H2,1H3/p+1/t13-/m1/s1. The van der Waals surface area contributed by atoms with E-state index < -0.39 is 11.7 Å². The molecule has 0 unspecified atom stereocenters. The van der Waals surface area contributed by atoms with Gasteiger partial charge >= 0.3 is 6.18 Å². The highest BCUT2D eigenvalue weighted by Crippen LogP contribution is 2.40. The summed E-state index contributed by atoms with van der Waals surface area (Å²) in [5, 5.41) is 1.71. The molecule has 0 bridgehead atoms. The normalized spacial score (nSPS) is 19.3. The molecule has 1 aliphatic heterocycles. The van der Waals surface area contributed by atoms with Crippen LogP contribution in [0.1, 0.15) is 22.9 Å². The van der Waals surface area contributed by atoms with Gasteiger partial charge in [-0.25, -0.2) is 0 Å². The lowest BCUT2D eigenvalue weighted by molar-refractivity contribution is -0.627. The minimum absolute atomic E-state index is 0.00138. The molecule has 1 aromatic rings. The van der Waals surface area contributed by atoms with Crippen LogP contribution in [0.25, 0.3) is 0 Å². The van der Waals surface area contributed by atoms with E-state index in [1.165, 1.54) is 17.8 Å². The van der Waals surface area contributed by atoms with Crippen molar-refractivity contribution in [3.8, 4) is 0 Å². The first-order valence-electron chi connectivity index (χ1n) is 6.79. The predicted octanol–water partition coefficient (Wildman–Crippen LogP) is 1.86. The molecule has 1 aliphatic rings. The topological polar surface area (TPSA) is 36.9 Å². The van der Waals surface area contributed by atoms with Crippen LogP contribution in [0.2, 0.25) is 0 Å². The molecule has 1 amide bonds. The van der Waals surface area contributed by atoms with Crippen LogP contribution in [0.5, 0.6) is 0 Å². The second-order valence-electron chi connectivity index (χ2n) is 4.92. The van der Waals surface area contributed by atoms with Gasteiger partial charge in [-0.2, -0.15) is 13.2 Å². The van der Waals surface area contributed by atoms with Crippen LogP contribution in [0.15, 0.2) is 24.3 Å². The van der Waals surface area contributed by atoms with Crippen LogP contribution in [0.3, 0.4) is 0 Å². The Kier molecular flexibility index (Phi) is 5.16. The fourth-order valence-electron chi connectivity index (χ4n) is 2.31. The molecule has 7 heteroatoms. The van der Waals surface area contributed by atoms with Gasteiger partial charge in [0.2, 0.25) is 5.91 Å². The lowest BCUT2D eigenvalue weighted by Gasteiger charge is -2.24. The molecule has 1 aromatic carbocycles. The van der Waals surface area contributed by atoms with Gasteiger partial charge in [0.05, 0.1) is 24.9 Å². The molecule has 3 nitrogen and oxygen atoms in total. The summed E-state index contributed by atoms with van der Waals surface area (Å²) in [5.74, 6) is 0.329. The van der Waals surface area contributed by atoms with Crippen LogP contribution in [0.4, 0.5) is 13.2 Å². The number of carbonyl (C=O) groups excluding carboxylic acids is 1. The van der Waals surface area contributed by atoms with Crippen molar-refractivity contribution in [3.05, 3.63) is 35.4 Å². The van der Waals surface area contributed by atoms with Crippen molar-refractivity contribution in [2.75, 3.05) is 25.9 Å². The minimum atomic E-state index is -4.36. The van der Waals surface area contributed by atoms with Gasteiger partial charge in [0.25, 0.3) is 0 Å². The Labute approximate surface area is 125 Å². The Morgan fingerprint density at radius 1 is 1.43 bits per heavy atom. The molecule has 0 aliphatic carbocycles. The number of hydrogen-bond donors (Lipinski definition) is 1. The molecule has 1 atom stereocenters. The van der Waals surface area contributed by atoms with Gasteiger partial charge < -0.3 is 10.2 Å². The van der Waals surface area contributed by atoms with Crippen LogP contribution >= 0.6 is 11.8 Å². The van der Waals surface area contributed by atoms with E-state index in [0.717, 1.165) is 25.1 Å². The number of alkyl halides is 3. The lowest BCUT2D eigenvalue weighted by atomic mass is 10.1. The Morgan fingerprint density at radius 2 is 2.19 bits per heavy atom. The number of carbonyl (C=O) groups is 1. The largest absolute Gasteiger partial charge is 0.416 e. The molecular formula is C14H18F3N2OS+. The maximum atomic E-state index is 12.8. The average Bonchev–Trinajstić information content (AvgIpc) is 2.80. The fraction of sp³-hybridized carbons (Fsp3) is 0.500. The maximum Gasteiger partial charge on any atom is 0.416 e. The first-order valence-corrected chi connectivity index (χ1v) is 7.84. The maximum absolute atomic E-state index is 12.8. The van der Waals surface area contributed by atoms with Gasteiger partial charge in [0.15, 0.2) is 0 Å². The molecule has 0 saturated carbocycles. The zero-order chi connectivity index (χ0) is 15.5. The van der Waals surface area contributed by atoms with Crippen LogP contribution in [-0.4, -0.2) is 36.7 Å². The van der Waals surface area contributed by atoms with Crippen molar-refractivity contribution in [2.24, 2.45) is 0 Å². The van der Waals surface area contributed by atoms with Crippen molar-refractivity contribution >= 4 is 17.7 Å². The van der Waals surface area contributed by atoms with Crippen molar-refractivity contribution in [3.63, 3.8) is 0 Å². The molecule has 21 heavy (non-hydrogen) atoms. The van der Waals surface area contributed by atoms with Crippen LogP contribution in [-0.2, 0) is 11.0 Å². The smallest absolute Gasteiger partial charge is 0.349 e. The Balaban J connectivity index is 2.17. The zero-order valence-corrected chi connectivity index (χ0v) is 12.5. The zero-order valence-electron chi connectivity index (χ0n) is 11.7. The number of nitrogens with zero attached hydrogens (tertiary/aromatic N) is 1. The lowest BCUT2D eigenvalue weighted by Crippen LogP contribution is -2.79. The SMILES string of the molecule is C[NH2+]CCCN1C(=O)CS[C@@H]1c1cccc(C(F)(F)F)c1. The molecular weight excluding hydrogens is 301 g/mol. The van der Waals surface area contributed by atoms with Gasteiger partial charge in [0.1, 0.15) is 5.37 Å². The van der Waals surface area contributed by atoms with E-state index in [9.17, 15) is 18.0 Å². The van der Waals surface area contributed by atoms with Crippen molar-refractivity contribution < 1.29 is 23.3 Å². The summed E-state index contributed by atoms with van der Waals surface area (Å²) in [7, 11) is 1.95. The molecule has 1 fully saturated rings. The molecule has 1 saturated heterocycles. The van der Waals surface area contributed by atoms with E-state index in [1.807, 2.05) is 12.4 Å². The van der Waals surface area contributed by atoms with Crippen LogP contribution in [0, 0.1) is 0 Å². The van der Waals surface area contributed by atoms with Crippen molar-refractivity contribution in [1.29, 1.82) is 0 Å². The highest BCUT2D eigenvalue weighted by molar-refractivity contribution is 8.00. The van der Waals surface area contributed by atoms with E-state index >= 15 is 0 Å². The molecule has 2 rings (SSSR count). The number of benzene rings is 1. The van der Waals surface area contributed by atoms with E-state index in [2.05, 4.69) is 0 Å². The molecule has 1 heterocycles. The average molecular weight is 319 g/mol. The second kappa shape index (κ2) is 6.70. The number of amides is 1. The minimum Gasteiger partial charge on any atom is -0.349 e. The van der Waals surface area contributed by atoms with E-state index in [1.54, 1.807) is 11.0 Å². The molecule has 0 spiro atoms. The van der Waals surface area contributed by atoms with E-state index in [4.69, 9.17) is 0 Å². The van der Waals surface area contributed by atoms with E-state index in [0.29, 0.717) is 17.9 Å². The highest BCUT2D eigenvalue weighted by atomic mass is 32.2. The summed E-state index contributed by atoms with van der Waals surface area (Å²) >= 11 is 1.39. The Morgan fingerprint density at radius 3 is 2.86 bits per heavy atom. The molecule has 2 N–H and O–H groups in total. The Hall–Kier alpha value is -1.21. The van der Waals surface area contributed by atoms with Crippen LogP contribution < -0.4 is 5.32 Å². The summed E-state index contributed by atoms with van der Waals surface area (Å²) in [6.07, 6.45) is -3.52. The quantitative estimate of drug-likeness (QED) is 0.841. The number of quaternary nitrogens is 1.